The van der Waals surface area contributed by atoms with Crippen LogP contribution in [0.1, 0.15) is 38.3 Å². The van der Waals surface area contributed by atoms with Crippen LogP contribution in [-0.4, -0.2) is 98.7 Å². The summed E-state index contributed by atoms with van der Waals surface area (Å²) < 4.78 is 27.6. The summed E-state index contributed by atoms with van der Waals surface area (Å²) in [4.78, 5) is 27.7. The number of ether oxygens (including phenoxy) is 2. The van der Waals surface area contributed by atoms with Crippen LogP contribution < -0.4 is 15.0 Å². The first-order valence-corrected chi connectivity index (χ1v) is 15.8. The van der Waals surface area contributed by atoms with Crippen LogP contribution in [0.2, 0.25) is 0 Å². The minimum atomic E-state index is -1.59. The van der Waals surface area contributed by atoms with E-state index in [4.69, 9.17) is 14.5 Å². The normalized spacial score (nSPS) is 20.3. The number of amides is 1. The summed E-state index contributed by atoms with van der Waals surface area (Å²) in [6, 6.07) is 13.0. The lowest BCUT2D eigenvalue weighted by Crippen LogP contribution is -2.68. The zero-order valence-electron chi connectivity index (χ0n) is 27.0. The van der Waals surface area contributed by atoms with Crippen molar-refractivity contribution in [2.45, 2.75) is 57.1 Å². The van der Waals surface area contributed by atoms with Crippen molar-refractivity contribution >= 4 is 23.1 Å². The minimum absolute atomic E-state index is 0.00406. The molecule has 12 nitrogen and oxygen atoms in total. The van der Waals surface area contributed by atoms with Gasteiger partial charge in [0.05, 0.1) is 55.9 Å². The van der Waals surface area contributed by atoms with Crippen LogP contribution in [0.3, 0.4) is 0 Å². The minimum Gasteiger partial charge on any atom is -0.481 e. The van der Waals surface area contributed by atoms with Crippen LogP contribution in [-0.2, 0) is 11.3 Å². The quantitative estimate of drug-likeness (QED) is 0.295. The number of fused-ring (bicyclic) bond motifs is 3. The van der Waals surface area contributed by atoms with E-state index in [9.17, 15) is 10.1 Å². The fourth-order valence-electron chi connectivity index (χ4n) is 6.69. The Morgan fingerprint density at radius 3 is 2.55 bits per heavy atom. The van der Waals surface area contributed by atoms with Gasteiger partial charge >= 0.3 is 6.09 Å². The van der Waals surface area contributed by atoms with E-state index in [0.717, 1.165) is 36.6 Å². The first-order chi connectivity index (χ1) is 22.5. The molecule has 4 aromatic rings. The lowest BCUT2D eigenvalue weighted by atomic mass is 9.87. The second-order valence-electron chi connectivity index (χ2n) is 13.7. The summed E-state index contributed by atoms with van der Waals surface area (Å²) in [5.74, 6) is 1.53. The Labute approximate surface area is 272 Å². The van der Waals surface area contributed by atoms with Crippen LogP contribution in [0.25, 0.3) is 16.6 Å². The molecular formula is C34H38FN9O3. The monoisotopic (exact) mass is 639 g/mol. The summed E-state index contributed by atoms with van der Waals surface area (Å²) in [7, 11) is 1.62. The van der Waals surface area contributed by atoms with E-state index < -0.39 is 17.4 Å². The molecule has 0 radical (unpaired) electrons. The van der Waals surface area contributed by atoms with Gasteiger partial charge in [0.1, 0.15) is 17.5 Å². The molecular weight excluding hydrogens is 601 g/mol. The standard InChI is InChI=1S/C34H38FN9O3/c1-33(2,3)47-32(45)42-20-34(35,21-42)19-39-25-9-28(31-24(11-36)14-40-44(31)16-25)23-6-7-29(37-13-23)41-17-26-10-27(18-41)43(26)15-22-5-8-30(46-4)38-12-22/h5-9,12-14,16,26-27,39H,10,15,17-21H2,1-4H3. The highest BCUT2D eigenvalue weighted by atomic mass is 19.1. The van der Waals surface area contributed by atoms with E-state index in [1.54, 1.807) is 38.6 Å². The van der Waals surface area contributed by atoms with Crippen molar-refractivity contribution < 1.29 is 18.7 Å². The fourth-order valence-corrected chi connectivity index (χ4v) is 6.69. The molecule has 0 aliphatic carbocycles. The Balaban J connectivity index is 1.03. The molecule has 1 N–H and O–H groups in total. The molecule has 4 aliphatic rings. The van der Waals surface area contributed by atoms with Crippen LogP contribution in [0, 0.1) is 11.3 Å². The Kier molecular flexibility index (Phi) is 7.63. The van der Waals surface area contributed by atoms with Gasteiger partial charge in [0.2, 0.25) is 5.88 Å². The number of nitrogens with zero attached hydrogens (tertiary/aromatic N) is 8. The number of pyridine rings is 3. The summed E-state index contributed by atoms with van der Waals surface area (Å²) in [6.07, 6.45) is 7.63. The largest absolute Gasteiger partial charge is 0.481 e. The lowest BCUT2D eigenvalue weighted by Gasteiger charge is -2.56. The molecule has 2 atom stereocenters. The van der Waals surface area contributed by atoms with Gasteiger partial charge < -0.3 is 24.6 Å². The number of piperidine rings is 1. The van der Waals surface area contributed by atoms with Crippen molar-refractivity contribution in [2.75, 3.05) is 50.1 Å². The van der Waals surface area contributed by atoms with Gasteiger partial charge in [-0.05, 0) is 51.0 Å². The number of carbonyl (C=O) groups excluding carboxylic acids is 1. The number of likely N-dealkylation sites (tertiary alicyclic amines) is 1. The molecule has 2 unspecified atom stereocenters. The molecule has 4 aliphatic heterocycles. The summed E-state index contributed by atoms with van der Waals surface area (Å²) in [6.45, 7) is 7.91. The molecule has 1 amide bonds. The topological polar surface area (TPSA) is 124 Å². The van der Waals surface area contributed by atoms with Crippen LogP contribution in [0.4, 0.5) is 20.7 Å². The highest BCUT2D eigenvalue weighted by molar-refractivity contribution is 5.86. The molecule has 0 aromatic carbocycles. The van der Waals surface area contributed by atoms with Crippen molar-refractivity contribution in [3.8, 4) is 23.1 Å². The summed E-state index contributed by atoms with van der Waals surface area (Å²) >= 11 is 0. The number of methoxy groups -OCH3 is 1. The molecule has 4 aromatic heterocycles. The number of halogens is 1. The average molecular weight is 640 g/mol. The third kappa shape index (κ3) is 6.13. The molecule has 8 rings (SSSR count). The Bertz CT molecular complexity index is 1810. The van der Waals surface area contributed by atoms with Gasteiger partial charge in [0, 0.05) is 61.3 Å². The lowest BCUT2D eigenvalue weighted by molar-refractivity contribution is -0.0445. The van der Waals surface area contributed by atoms with Crippen molar-refractivity contribution in [1.29, 1.82) is 5.26 Å². The number of aromatic nitrogens is 4. The predicted molar refractivity (Wildman–Crippen MR) is 174 cm³/mol. The third-order valence-corrected chi connectivity index (χ3v) is 9.04. The zero-order valence-corrected chi connectivity index (χ0v) is 27.0. The van der Waals surface area contributed by atoms with E-state index >= 15 is 4.39 Å². The van der Waals surface area contributed by atoms with Crippen molar-refractivity contribution in [3.05, 3.63) is 66.2 Å². The molecule has 47 heavy (non-hydrogen) atoms. The SMILES string of the molecule is COc1ccc(CN2C3CC2CN(c2ccc(-c4cc(NCC5(F)CN(C(=O)OC(C)(C)C)C5)cn5ncc(C#N)c45)cn2)C3)cn1. The molecule has 8 heterocycles. The number of nitriles is 1. The second kappa shape index (κ2) is 11.7. The van der Waals surface area contributed by atoms with Crippen molar-refractivity contribution in [2.24, 2.45) is 0 Å². The van der Waals surface area contributed by atoms with Gasteiger partial charge in [-0.1, -0.05) is 6.07 Å². The number of nitrogens with one attached hydrogen (secondary N) is 1. The Morgan fingerprint density at radius 1 is 1.13 bits per heavy atom. The molecule has 0 spiro atoms. The second-order valence-corrected chi connectivity index (χ2v) is 13.7. The average Bonchev–Trinajstić information content (AvgIpc) is 3.47. The van der Waals surface area contributed by atoms with E-state index in [2.05, 4.69) is 37.3 Å². The molecule has 2 bridgehead atoms. The Hall–Kier alpha value is -4.96. The first-order valence-electron chi connectivity index (χ1n) is 15.8. The Morgan fingerprint density at radius 2 is 1.91 bits per heavy atom. The number of carbonyl (C=O) groups is 1. The van der Waals surface area contributed by atoms with Crippen LogP contribution in [0.5, 0.6) is 5.88 Å². The highest BCUT2D eigenvalue weighted by Gasteiger charge is 2.47. The predicted octanol–water partition coefficient (Wildman–Crippen LogP) is 4.51. The molecule has 0 saturated carbocycles. The van der Waals surface area contributed by atoms with Gasteiger partial charge in [0.15, 0.2) is 5.67 Å². The van der Waals surface area contributed by atoms with Crippen LogP contribution >= 0.6 is 0 Å². The number of hydrogen-bond acceptors (Lipinski definition) is 10. The van der Waals surface area contributed by atoms with Crippen molar-refractivity contribution in [1.82, 2.24) is 29.4 Å². The zero-order chi connectivity index (χ0) is 32.9. The van der Waals surface area contributed by atoms with Gasteiger partial charge in [0.25, 0.3) is 0 Å². The van der Waals surface area contributed by atoms with E-state index in [1.165, 1.54) is 23.1 Å². The fraction of sp³-hybridized carbons (Fsp3) is 0.441. The number of piperazine rings is 1. The number of hydrogen-bond donors (Lipinski definition) is 1. The van der Waals surface area contributed by atoms with Gasteiger partial charge in [-0.25, -0.2) is 23.7 Å². The van der Waals surface area contributed by atoms with E-state index in [1.807, 2.05) is 36.7 Å². The number of alkyl halides is 1. The van der Waals surface area contributed by atoms with Crippen molar-refractivity contribution in [3.63, 3.8) is 0 Å². The van der Waals surface area contributed by atoms with Gasteiger partial charge in [-0.2, -0.15) is 10.4 Å². The van der Waals surface area contributed by atoms with Gasteiger partial charge in [-0.3, -0.25) is 4.90 Å². The van der Waals surface area contributed by atoms with Crippen LogP contribution in [0.15, 0.2) is 55.1 Å². The maximum Gasteiger partial charge on any atom is 0.410 e. The molecule has 13 heteroatoms. The smallest absolute Gasteiger partial charge is 0.410 e. The number of rotatable bonds is 8. The first kappa shape index (κ1) is 30.7. The van der Waals surface area contributed by atoms with Gasteiger partial charge in [-0.15, -0.1) is 0 Å². The maximum absolute atomic E-state index is 15.4. The maximum atomic E-state index is 15.4. The molecule has 244 valence electrons. The summed E-state index contributed by atoms with van der Waals surface area (Å²) in [5.41, 5.74) is 2.27. The van der Waals surface area contributed by atoms with E-state index in [0.29, 0.717) is 34.7 Å². The van der Waals surface area contributed by atoms with E-state index in [-0.39, 0.29) is 19.6 Å². The number of anilines is 2. The molecule has 4 saturated heterocycles. The highest BCUT2D eigenvalue weighted by Crippen LogP contribution is 2.37. The summed E-state index contributed by atoms with van der Waals surface area (Å²) in [5, 5.41) is 17.4. The third-order valence-electron chi connectivity index (χ3n) is 9.04. The molecule has 4 fully saturated rings.